The van der Waals surface area contributed by atoms with E-state index in [9.17, 15) is 5.11 Å². The van der Waals surface area contributed by atoms with Gasteiger partial charge in [-0.25, -0.2) is 9.97 Å². The zero-order valence-corrected chi connectivity index (χ0v) is 17.4. The molecule has 1 aliphatic carbocycles. The van der Waals surface area contributed by atoms with Gasteiger partial charge in [-0.05, 0) is 37.5 Å². The van der Waals surface area contributed by atoms with E-state index in [0.29, 0.717) is 12.0 Å². The summed E-state index contributed by atoms with van der Waals surface area (Å²) in [6, 6.07) is 4.47. The van der Waals surface area contributed by atoms with Crippen molar-refractivity contribution in [2.24, 2.45) is 0 Å². The second-order valence-corrected chi connectivity index (χ2v) is 8.23. The van der Waals surface area contributed by atoms with Crippen molar-refractivity contribution in [3.05, 3.63) is 35.8 Å². The molecule has 0 atom stereocenters. The van der Waals surface area contributed by atoms with Gasteiger partial charge in [0, 0.05) is 49.5 Å². The molecule has 158 valence electrons. The Morgan fingerprint density at radius 1 is 1.13 bits per heavy atom. The Bertz CT molecular complexity index is 1020. The van der Waals surface area contributed by atoms with E-state index in [-0.39, 0.29) is 6.61 Å². The lowest BCUT2D eigenvalue weighted by Gasteiger charge is -2.29. The number of aryl methyl sites for hydroxylation is 1. The summed E-state index contributed by atoms with van der Waals surface area (Å²) in [6.45, 7) is 6.08. The SMILES string of the molecule is Cc1c(CO)n(C2CCCC2)c2nc(Nc3ccc(N4CCNCC4)cn3)ncc12. The Morgan fingerprint density at radius 2 is 1.93 bits per heavy atom. The minimum absolute atomic E-state index is 0.0243. The van der Waals surface area contributed by atoms with E-state index in [1.807, 2.05) is 25.4 Å². The number of nitrogens with one attached hydrogen (secondary N) is 2. The topological polar surface area (TPSA) is 91.1 Å². The Kier molecular flexibility index (Phi) is 5.26. The number of aliphatic hydroxyl groups excluding tert-OH is 1. The standard InChI is InChI=1S/C22H29N7O/c1-15-18-13-25-22(27-21(18)29(19(15)14-30)16-4-2-3-5-16)26-20-7-6-17(12-24-20)28-10-8-23-9-11-28/h6-7,12-13,16,23,30H,2-5,8-11,14H2,1H3,(H,24,25,26,27). The maximum Gasteiger partial charge on any atom is 0.230 e. The normalized spacial score (nSPS) is 17.7. The van der Waals surface area contributed by atoms with Crippen molar-refractivity contribution >= 4 is 28.5 Å². The van der Waals surface area contributed by atoms with Crippen LogP contribution in [0.2, 0.25) is 0 Å². The van der Waals surface area contributed by atoms with Gasteiger partial charge in [-0.1, -0.05) is 12.8 Å². The highest BCUT2D eigenvalue weighted by Crippen LogP contribution is 2.36. The maximum atomic E-state index is 10.00. The molecule has 0 amide bonds. The van der Waals surface area contributed by atoms with Gasteiger partial charge in [0.2, 0.25) is 5.95 Å². The third-order valence-corrected chi connectivity index (χ3v) is 6.43. The fourth-order valence-corrected chi connectivity index (χ4v) is 4.78. The third kappa shape index (κ3) is 3.50. The van der Waals surface area contributed by atoms with E-state index in [1.165, 1.54) is 12.8 Å². The first kappa shape index (κ1) is 19.3. The van der Waals surface area contributed by atoms with Gasteiger partial charge >= 0.3 is 0 Å². The fraction of sp³-hybridized carbons (Fsp3) is 0.500. The van der Waals surface area contributed by atoms with Crippen LogP contribution in [-0.2, 0) is 6.61 Å². The van der Waals surface area contributed by atoms with Gasteiger partial charge in [0.25, 0.3) is 0 Å². The molecule has 0 bridgehead atoms. The zero-order chi connectivity index (χ0) is 20.5. The predicted octanol–water partition coefficient (Wildman–Crippen LogP) is 2.90. The number of aromatic nitrogens is 4. The summed E-state index contributed by atoms with van der Waals surface area (Å²) in [5.41, 5.74) is 4.07. The summed E-state index contributed by atoms with van der Waals surface area (Å²) in [7, 11) is 0. The molecular weight excluding hydrogens is 378 g/mol. The molecule has 1 aliphatic heterocycles. The summed E-state index contributed by atoms with van der Waals surface area (Å²) in [5.74, 6) is 1.26. The van der Waals surface area contributed by atoms with Crippen LogP contribution in [0.5, 0.6) is 0 Å². The molecule has 2 fully saturated rings. The summed E-state index contributed by atoms with van der Waals surface area (Å²) in [4.78, 5) is 16.2. The smallest absolute Gasteiger partial charge is 0.230 e. The highest BCUT2D eigenvalue weighted by molar-refractivity contribution is 5.82. The van der Waals surface area contributed by atoms with E-state index < -0.39 is 0 Å². The Balaban J connectivity index is 1.42. The molecule has 5 rings (SSSR count). The summed E-state index contributed by atoms with van der Waals surface area (Å²) < 4.78 is 2.24. The third-order valence-electron chi connectivity index (χ3n) is 6.43. The molecule has 3 N–H and O–H groups in total. The second-order valence-electron chi connectivity index (χ2n) is 8.23. The molecule has 30 heavy (non-hydrogen) atoms. The van der Waals surface area contributed by atoms with E-state index >= 15 is 0 Å². The lowest BCUT2D eigenvalue weighted by atomic mass is 10.2. The van der Waals surface area contributed by atoms with Crippen LogP contribution < -0.4 is 15.5 Å². The maximum absolute atomic E-state index is 10.00. The molecular formula is C22H29N7O. The molecule has 3 aromatic heterocycles. The van der Waals surface area contributed by atoms with Gasteiger partial charge in [-0.2, -0.15) is 4.98 Å². The van der Waals surface area contributed by atoms with Gasteiger partial charge in [0.15, 0.2) is 0 Å². The van der Waals surface area contributed by atoms with Gasteiger partial charge in [0.1, 0.15) is 11.5 Å². The number of hydrogen-bond donors (Lipinski definition) is 3. The van der Waals surface area contributed by atoms with Gasteiger partial charge in [-0.3, -0.25) is 0 Å². The Morgan fingerprint density at radius 3 is 2.63 bits per heavy atom. The Hall–Kier alpha value is -2.71. The van der Waals surface area contributed by atoms with Gasteiger partial charge in [-0.15, -0.1) is 0 Å². The van der Waals surface area contributed by atoms with Crippen LogP contribution in [-0.4, -0.2) is 50.8 Å². The first-order chi connectivity index (χ1) is 14.7. The van der Waals surface area contributed by atoms with Crippen LogP contribution in [0.25, 0.3) is 11.0 Å². The van der Waals surface area contributed by atoms with E-state index in [4.69, 9.17) is 4.98 Å². The monoisotopic (exact) mass is 407 g/mol. The summed E-state index contributed by atoms with van der Waals surface area (Å²) in [6.07, 6.45) is 8.50. The number of piperazine rings is 1. The Labute approximate surface area is 176 Å². The quantitative estimate of drug-likeness (QED) is 0.599. The van der Waals surface area contributed by atoms with E-state index in [1.54, 1.807) is 0 Å². The fourth-order valence-electron chi connectivity index (χ4n) is 4.78. The minimum atomic E-state index is 0.0243. The van der Waals surface area contributed by atoms with Crippen LogP contribution in [0.1, 0.15) is 43.0 Å². The first-order valence-electron chi connectivity index (χ1n) is 10.9. The molecule has 4 heterocycles. The van der Waals surface area contributed by atoms with Crippen LogP contribution in [0.4, 0.5) is 17.5 Å². The molecule has 0 unspecified atom stereocenters. The average Bonchev–Trinajstić information content (AvgIpc) is 3.41. The molecule has 2 aliphatic rings. The molecule has 1 saturated heterocycles. The van der Waals surface area contributed by atoms with E-state index in [2.05, 4.69) is 36.1 Å². The first-order valence-corrected chi connectivity index (χ1v) is 10.9. The largest absolute Gasteiger partial charge is 0.390 e. The van der Waals surface area contributed by atoms with Crippen molar-refractivity contribution in [2.45, 2.75) is 45.3 Å². The van der Waals surface area contributed by atoms with Crippen molar-refractivity contribution in [3.8, 4) is 0 Å². The van der Waals surface area contributed by atoms with Crippen molar-refractivity contribution < 1.29 is 5.11 Å². The molecule has 8 heteroatoms. The van der Waals surface area contributed by atoms with Gasteiger partial charge < -0.3 is 25.2 Å². The second kappa shape index (κ2) is 8.20. The van der Waals surface area contributed by atoms with Crippen molar-refractivity contribution in [1.82, 2.24) is 24.8 Å². The highest BCUT2D eigenvalue weighted by Gasteiger charge is 2.24. The number of fused-ring (bicyclic) bond motifs is 1. The average molecular weight is 408 g/mol. The number of hydrogen-bond acceptors (Lipinski definition) is 7. The van der Waals surface area contributed by atoms with Crippen molar-refractivity contribution in [2.75, 3.05) is 36.4 Å². The van der Waals surface area contributed by atoms with Crippen molar-refractivity contribution in [1.29, 1.82) is 0 Å². The van der Waals surface area contributed by atoms with Crippen LogP contribution in [0.15, 0.2) is 24.5 Å². The summed E-state index contributed by atoms with van der Waals surface area (Å²) >= 11 is 0. The number of aliphatic hydroxyl groups is 1. The molecule has 0 spiro atoms. The molecule has 3 aromatic rings. The van der Waals surface area contributed by atoms with Crippen LogP contribution >= 0.6 is 0 Å². The van der Waals surface area contributed by atoms with Gasteiger partial charge in [0.05, 0.1) is 18.5 Å². The number of rotatable bonds is 5. The molecule has 8 nitrogen and oxygen atoms in total. The highest BCUT2D eigenvalue weighted by atomic mass is 16.3. The number of nitrogens with zero attached hydrogens (tertiary/aromatic N) is 5. The number of pyridine rings is 1. The summed E-state index contributed by atoms with van der Waals surface area (Å²) in [5, 5.41) is 17.6. The molecule has 1 saturated carbocycles. The molecule has 0 radical (unpaired) electrons. The zero-order valence-electron chi connectivity index (χ0n) is 17.4. The minimum Gasteiger partial charge on any atom is -0.390 e. The molecule has 0 aromatic carbocycles. The lowest BCUT2D eigenvalue weighted by Crippen LogP contribution is -2.43. The number of anilines is 3. The van der Waals surface area contributed by atoms with E-state index in [0.717, 1.165) is 72.8 Å². The van der Waals surface area contributed by atoms with Crippen molar-refractivity contribution in [3.63, 3.8) is 0 Å². The predicted molar refractivity (Wildman–Crippen MR) is 118 cm³/mol. The lowest BCUT2D eigenvalue weighted by molar-refractivity contribution is 0.266. The van der Waals surface area contributed by atoms with Crippen LogP contribution in [0.3, 0.4) is 0 Å². The van der Waals surface area contributed by atoms with Crippen LogP contribution in [0, 0.1) is 6.92 Å².